The van der Waals surface area contributed by atoms with E-state index in [1.54, 1.807) is 13.0 Å². The summed E-state index contributed by atoms with van der Waals surface area (Å²) in [7, 11) is 0. The van der Waals surface area contributed by atoms with Crippen molar-refractivity contribution in [1.29, 1.82) is 0 Å². The molecule has 0 amide bonds. The second-order valence-electron chi connectivity index (χ2n) is 4.40. The van der Waals surface area contributed by atoms with Gasteiger partial charge < -0.3 is 15.5 Å². The number of halogens is 1. The van der Waals surface area contributed by atoms with Crippen LogP contribution in [0.25, 0.3) is 0 Å². The predicted octanol–water partition coefficient (Wildman–Crippen LogP) is 1.57. The lowest BCUT2D eigenvalue weighted by Crippen LogP contribution is -2.17. The first kappa shape index (κ1) is 11.9. The molecule has 0 spiro atoms. The second-order valence-corrected chi connectivity index (χ2v) is 4.40. The summed E-state index contributed by atoms with van der Waals surface area (Å²) in [5, 5.41) is 21.3. The maximum Gasteiger partial charge on any atom is 0.307 e. The number of carbonyl (C=O) groups is 1. The molecule has 2 rings (SSSR count). The zero-order chi connectivity index (χ0) is 12.6. The number of carboxylic acid groups (broad SMARTS) is 1. The van der Waals surface area contributed by atoms with Crippen LogP contribution in [-0.4, -0.2) is 22.7 Å². The quantitative estimate of drug-likeness (QED) is 0.732. The smallest absolute Gasteiger partial charge is 0.307 e. The first-order chi connectivity index (χ1) is 7.99. The molecule has 1 aromatic carbocycles. The van der Waals surface area contributed by atoms with Crippen molar-refractivity contribution in [2.75, 3.05) is 6.54 Å². The Labute approximate surface area is 98.1 Å². The minimum atomic E-state index is -0.831. The Hall–Kier alpha value is -1.62. The Balaban J connectivity index is 2.22. The summed E-state index contributed by atoms with van der Waals surface area (Å²) in [6.45, 7) is 1.97. The van der Waals surface area contributed by atoms with Crippen molar-refractivity contribution < 1.29 is 19.4 Å². The van der Waals surface area contributed by atoms with Gasteiger partial charge in [-0.05, 0) is 30.5 Å². The number of hydrogen-bond donors (Lipinski definition) is 3. The molecule has 1 saturated heterocycles. The summed E-state index contributed by atoms with van der Waals surface area (Å²) in [5.74, 6) is -2.27. The van der Waals surface area contributed by atoms with Crippen LogP contribution in [0, 0.1) is 18.7 Å². The molecule has 0 aromatic heterocycles. The Kier molecular flexibility index (Phi) is 3.02. The summed E-state index contributed by atoms with van der Waals surface area (Å²) >= 11 is 0. The van der Waals surface area contributed by atoms with Crippen LogP contribution >= 0.6 is 0 Å². The molecule has 17 heavy (non-hydrogen) atoms. The molecule has 4 nitrogen and oxygen atoms in total. The number of aliphatic carboxylic acids is 1. The maximum atomic E-state index is 13.2. The average molecular weight is 239 g/mol. The summed E-state index contributed by atoms with van der Waals surface area (Å²) in [6.07, 6.45) is 0.458. The highest BCUT2D eigenvalue weighted by Crippen LogP contribution is 2.31. The van der Waals surface area contributed by atoms with E-state index in [0.717, 1.165) is 5.56 Å². The first-order valence-corrected chi connectivity index (χ1v) is 5.44. The molecule has 1 fully saturated rings. The van der Waals surface area contributed by atoms with E-state index in [2.05, 4.69) is 5.32 Å². The molecule has 1 aliphatic rings. The largest absolute Gasteiger partial charge is 0.505 e. The van der Waals surface area contributed by atoms with Crippen molar-refractivity contribution in [3.63, 3.8) is 0 Å². The van der Waals surface area contributed by atoms with Crippen molar-refractivity contribution in [3.05, 3.63) is 29.1 Å². The zero-order valence-electron chi connectivity index (χ0n) is 9.40. The van der Waals surface area contributed by atoms with Gasteiger partial charge in [0.25, 0.3) is 0 Å². The third-order valence-electron chi connectivity index (χ3n) is 3.14. The van der Waals surface area contributed by atoms with Crippen molar-refractivity contribution in [1.82, 2.24) is 5.32 Å². The number of rotatable bonds is 2. The Morgan fingerprint density at radius 3 is 2.76 bits per heavy atom. The van der Waals surface area contributed by atoms with Crippen LogP contribution in [0.3, 0.4) is 0 Å². The summed E-state index contributed by atoms with van der Waals surface area (Å²) in [6, 6.07) is 2.85. The lowest BCUT2D eigenvalue weighted by molar-refractivity contribution is -0.141. The van der Waals surface area contributed by atoms with E-state index in [4.69, 9.17) is 5.11 Å². The third kappa shape index (κ3) is 2.24. The van der Waals surface area contributed by atoms with Crippen molar-refractivity contribution in [3.8, 4) is 5.75 Å². The molecule has 0 aliphatic carbocycles. The minimum Gasteiger partial charge on any atom is -0.505 e. The fourth-order valence-electron chi connectivity index (χ4n) is 2.16. The number of carboxylic acids is 1. The highest BCUT2D eigenvalue weighted by Gasteiger charge is 2.30. The molecular weight excluding hydrogens is 225 g/mol. The van der Waals surface area contributed by atoms with E-state index in [1.807, 2.05) is 0 Å². The molecule has 1 aromatic rings. The SMILES string of the molecule is Cc1cc(C2CC(C(=O)O)CN2)cc(O)c1F. The van der Waals surface area contributed by atoms with Gasteiger partial charge in [-0.2, -0.15) is 0 Å². The van der Waals surface area contributed by atoms with Gasteiger partial charge in [0.2, 0.25) is 0 Å². The van der Waals surface area contributed by atoms with Crippen LogP contribution in [0.15, 0.2) is 12.1 Å². The maximum absolute atomic E-state index is 13.2. The Morgan fingerprint density at radius 2 is 2.24 bits per heavy atom. The van der Waals surface area contributed by atoms with Crippen LogP contribution in [0.2, 0.25) is 0 Å². The fourth-order valence-corrected chi connectivity index (χ4v) is 2.16. The van der Waals surface area contributed by atoms with Crippen LogP contribution in [0.4, 0.5) is 4.39 Å². The molecule has 0 radical (unpaired) electrons. The van der Waals surface area contributed by atoms with Gasteiger partial charge in [0, 0.05) is 12.6 Å². The minimum absolute atomic E-state index is 0.138. The number of phenols is 1. The highest BCUT2D eigenvalue weighted by molar-refractivity contribution is 5.70. The number of aryl methyl sites for hydroxylation is 1. The van der Waals surface area contributed by atoms with E-state index in [-0.39, 0.29) is 11.8 Å². The van der Waals surface area contributed by atoms with Crippen LogP contribution in [-0.2, 0) is 4.79 Å². The van der Waals surface area contributed by atoms with Crippen LogP contribution in [0.5, 0.6) is 5.75 Å². The van der Waals surface area contributed by atoms with Gasteiger partial charge in [0.05, 0.1) is 5.92 Å². The highest BCUT2D eigenvalue weighted by atomic mass is 19.1. The van der Waals surface area contributed by atoms with E-state index < -0.39 is 17.7 Å². The zero-order valence-corrected chi connectivity index (χ0v) is 9.40. The topological polar surface area (TPSA) is 69.6 Å². The average Bonchev–Trinajstić information content (AvgIpc) is 2.74. The molecule has 1 aliphatic heterocycles. The summed E-state index contributed by atoms with van der Waals surface area (Å²) < 4.78 is 13.2. The Bertz CT molecular complexity index is 438. The van der Waals surface area contributed by atoms with Crippen molar-refractivity contribution >= 4 is 5.97 Å². The molecule has 92 valence electrons. The molecule has 0 saturated carbocycles. The summed E-state index contributed by atoms with van der Waals surface area (Å²) in [4.78, 5) is 10.8. The van der Waals surface area contributed by atoms with Crippen LogP contribution < -0.4 is 5.32 Å². The second kappa shape index (κ2) is 4.33. The van der Waals surface area contributed by atoms with Crippen LogP contribution in [0.1, 0.15) is 23.6 Å². The number of benzene rings is 1. The monoisotopic (exact) mass is 239 g/mol. The Morgan fingerprint density at radius 1 is 1.53 bits per heavy atom. The van der Waals surface area contributed by atoms with Gasteiger partial charge >= 0.3 is 5.97 Å². The standard InChI is InChI=1S/C12H14FNO3/c1-6-2-7(4-10(15)11(6)13)9-3-8(5-14-9)12(16)17/h2,4,8-9,14-15H,3,5H2,1H3,(H,16,17). The molecule has 5 heteroatoms. The number of nitrogens with one attached hydrogen (secondary N) is 1. The normalized spacial score (nSPS) is 23.9. The molecular formula is C12H14FNO3. The number of aromatic hydroxyl groups is 1. The molecule has 2 unspecified atom stereocenters. The van der Waals surface area contributed by atoms with Crippen molar-refractivity contribution in [2.24, 2.45) is 5.92 Å². The molecule has 3 N–H and O–H groups in total. The number of hydrogen-bond acceptors (Lipinski definition) is 3. The van der Waals surface area contributed by atoms with Gasteiger partial charge in [0.1, 0.15) is 0 Å². The van der Waals surface area contributed by atoms with Gasteiger partial charge in [0.15, 0.2) is 11.6 Å². The first-order valence-electron chi connectivity index (χ1n) is 5.44. The third-order valence-corrected chi connectivity index (χ3v) is 3.14. The summed E-state index contributed by atoms with van der Waals surface area (Å²) in [5.41, 5.74) is 1.09. The fraction of sp³-hybridized carbons (Fsp3) is 0.417. The van der Waals surface area contributed by atoms with Gasteiger partial charge in [-0.1, -0.05) is 6.07 Å². The number of phenolic OH excluding ortho intramolecular Hbond substituents is 1. The lowest BCUT2D eigenvalue weighted by atomic mass is 9.98. The van der Waals surface area contributed by atoms with E-state index in [0.29, 0.717) is 18.5 Å². The van der Waals surface area contributed by atoms with Gasteiger partial charge in [-0.25, -0.2) is 4.39 Å². The van der Waals surface area contributed by atoms with Crippen molar-refractivity contribution in [2.45, 2.75) is 19.4 Å². The molecule has 1 heterocycles. The van der Waals surface area contributed by atoms with E-state index in [9.17, 15) is 14.3 Å². The molecule has 2 atom stereocenters. The van der Waals surface area contributed by atoms with E-state index >= 15 is 0 Å². The lowest BCUT2D eigenvalue weighted by Gasteiger charge is -2.12. The molecule has 0 bridgehead atoms. The van der Waals surface area contributed by atoms with Gasteiger partial charge in [-0.3, -0.25) is 4.79 Å². The van der Waals surface area contributed by atoms with Gasteiger partial charge in [-0.15, -0.1) is 0 Å². The van der Waals surface area contributed by atoms with E-state index in [1.165, 1.54) is 6.07 Å². The predicted molar refractivity (Wildman–Crippen MR) is 59.3 cm³/mol.